The van der Waals surface area contributed by atoms with Gasteiger partial charge in [-0.1, -0.05) is 13.8 Å². The Hall–Kier alpha value is -0.830. The van der Waals surface area contributed by atoms with Crippen molar-refractivity contribution in [3.63, 3.8) is 0 Å². The summed E-state index contributed by atoms with van der Waals surface area (Å²) in [7, 11) is 1.77. The molecule has 0 amide bonds. The zero-order valence-corrected chi connectivity index (χ0v) is 11.4. The molecular formula is C14H24N2O. The van der Waals surface area contributed by atoms with Crippen molar-refractivity contribution >= 4 is 0 Å². The molecule has 3 atom stereocenters. The molecule has 0 bridgehead atoms. The number of hydrogen-bond acceptors (Lipinski definition) is 2. The standard InChI is InChI=1S/C14H24N2O/c1-9-7-10(2)14-12(8-9)15-13(16-14)6-5-11(3)17-4/h9-11H,5-8H2,1-4H3,(H,15,16). The second kappa shape index (κ2) is 5.21. The average molecular weight is 236 g/mol. The minimum absolute atomic E-state index is 0.313. The van der Waals surface area contributed by atoms with Crippen molar-refractivity contribution in [2.75, 3.05) is 7.11 Å². The second-order valence-electron chi connectivity index (χ2n) is 5.58. The zero-order valence-electron chi connectivity index (χ0n) is 11.4. The minimum Gasteiger partial charge on any atom is -0.382 e. The largest absolute Gasteiger partial charge is 0.382 e. The Bertz CT molecular complexity index is 372. The first-order valence-electron chi connectivity index (χ1n) is 6.70. The Morgan fingerprint density at radius 2 is 2.24 bits per heavy atom. The summed E-state index contributed by atoms with van der Waals surface area (Å²) in [5, 5.41) is 0. The highest BCUT2D eigenvalue weighted by molar-refractivity contribution is 5.22. The molecule has 1 aliphatic carbocycles. The van der Waals surface area contributed by atoms with Gasteiger partial charge in [-0.3, -0.25) is 0 Å². The summed E-state index contributed by atoms with van der Waals surface area (Å²) < 4.78 is 5.27. The minimum atomic E-state index is 0.313. The van der Waals surface area contributed by atoms with E-state index in [1.165, 1.54) is 17.8 Å². The van der Waals surface area contributed by atoms with E-state index >= 15 is 0 Å². The molecule has 0 saturated carbocycles. The number of aryl methyl sites for hydroxylation is 1. The predicted octanol–water partition coefficient (Wildman–Crippen LogP) is 3.06. The zero-order chi connectivity index (χ0) is 12.4. The molecule has 0 saturated heterocycles. The normalized spacial score (nSPS) is 25.6. The number of fused-ring (bicyclic) bond motifs is 1. The molecule has 0 aliphatic heterocycles. The Morgan fingerprint density at radius 1 is 1.47 bits per heavy atom. The van der Waals surface area contributed by atoms with E-state index in [4.69, 9.17) is 9.72 Å². The van der Waals surface area contributed by atoms with Crippen LogP contribution in [0.5, 0.6) is 0 Å². The van der Waals surface area contributed by atoms with Crippen molar-refractivity contribution in [1.82, 2.24) is 9.97 Å². The molecule has 1 N–H and O–H groups in total. The molecule has 17 heavy (non-hydrogen) atoms. The van der Waals surface area contributed by atoms with E-state index in [0.717, 1.165) is 31.0 Å². The van der Waals surface area contributed by atoms with Crippen LogP contribution in [0.2, 0.25) is 0 Å². The number of rotatable bonds is 4. The van der Waals surface area contributed by atoms with E-state index in [9.17, 15) is 0 Å². The number of nitrogens with one attached hydrogen (secondary N) is 1. The first-order valence-corrected chi connectivity index (χ1v) is 6.70. The third-order valence-electron chi connectivity index (χ3n) is 3.83. The van der Waals surface area contributed by atoms with Gasteiger partial charge in [0.25, 0.3) is 0 Å². The summed E-state index contributed by atoms with van der Waals surface area (Å²) in [6.45, 7) is 6.72. The number of methoxy groups -OCH3 is 1. The van der Waals surface area contributed by atoms with Crippen molar-refractivity contribution in [3.05, 3.63) is 17.2 Å². The van der Waals surface area contributed by atoms with E-state index in [1.807, 2.05) is 0 Å². The smallest absolute Gasteiger partial charge is 0.106 e. The molecule has 1 heterocycles. The quantitative estimate of drug-likeness (QED) is 0.872. The Morgan fingerprint density at radius 3 is 2.94 bits per heavy atom. The molecule has 0 radical (unpaired) electrons. The molecule has 0 fully saturated rings. The van der Waals surface area contributed by atoms with Gasteiger partial charge in [-0.05, 0) is 32.1 Å². The van der Waals surface area contributed by atoms with Gasteiger partial charge in [-0.2, -0.15) is 0 Å². The highest BCUT2D eigenvalue weighted by Gasteiger charge is 2.24. The molecule has 0 aromatic carbocycles. The fourth-order valence-electron chi connectivity index (χ4n) is 2.77. The third kappa shape index (κ3) is 2.89. The lowest BCUT2D eigenvalue weighted by atomic mass is 9.84. The molecule has 3 nitrogen and oxygen atoms in total. The van der Waals surface area contributed by atoms with E-state index < -0.39 is 0 Å². The molecule has 3 heteroatoms. The highest BCUT2D eigenvalue weighted by Crippen LogP contribution is 2.32. The van der Waals surface area contributed by atoms with Gasteiger partial charge < -0.3 is 9.72 Å². The number of aromatic amines is 1. The number of imidazole rings is 1. The van der Waals surface area contributed by atoms with Crippen molar-refractivity contribution in [1.29, 1.82) is 0 Å². The van der Waals surface area contributed by atoms with Crippen LogP contribution >= 0.6 is 0 Å². The Balaban J connectivity index is 2.04. The van der Waals surface area contributed by atoms with Crippen LogP contribution in [0.15, 0.2) is 0 Å². The summed E-state index contributed by atoms with van der Waals surface area (Å²) in [5.74, 6) is 2.53. The van der Waals surface area contributed by atoms with Gasteiger partial charge in [0.1, 0.15) is 5.82 Å². The Kier molecular flexibility index (Phi) is 3.87. The molecule has 96 valence electrons. The maximum absolute atomic E-state index is 5.27. The SMILES string of the molecule is COC(C)CCc1nc2c([nH]1)CC(C)CC2C. The summed E-state index contributed by atoms with van der Waals surface area (Å²) >= 11 is 0. The lowest BCUT2D eigenvalue weighted by Gasteiger charge is -2.22. The lowest BCUT2D eigenvalue weighted by Crippen LogP contribution is -2.14. The summed E-state index contributed by atoms with van der Waals surface area (Å²) in [6, 6.07) is 0. The van der Waals surface area contributed by atoms with Crippen molar-refractivity contribution in [2.45, 2.75) is 58.5 Å². The molecule has 2 rings (SSSR count). The van der Waals surface area contributed by atoms with E-state index in [0.29, 0.717) is 12.0 Å². The number of ether oxygens (including phenoxy) is 1. The van der Waals surface area contributed by atoms with Crippen LogP contribution in [0.4, 0.5) is 0 Å². The number of hydrogen-bond donors (Lipinski definition) is 1. The van der Waals surface area contributed by atoms with Crippen molar-refractivity contribution < 1.29 is 4.74 Å². The van der Waals surface area contributed by atoms with Crippen LogP contribution in [0.25, 0.3) is 0 Å². The molecular weight excluding hydrogens is 212 g/mol. The second-order valence-corrected chi connectivity index (χ2v) is 5.58. The maximum Gasteiger partial charge on any atom is 0.106 e. The van der Waals surface area contributed by atoms with Crippen LogP contribution in [0.1, 0.15) is 56.7 Å². The van der Waals surface area contributed by atoms with E-state index in [1.54, 1.807) is 7.11 Å². The molecule has 1 aliphatic rings. The van der Waals surface area contributed by atoms with Gasteiger partial charge in [0.15, 0.2) is 0 Å². The first-order chi connectivity index (χ1) is 8.10. The van der Waals surface area contributed by atoms with Crippen molar-refractivity contribution in [3.8, 4) is 0 Å². The van der Waals surface area contributed by atoms with Crippen LogP contribution in [0, 0.1) is 5.92 Å². The number of nitrogens with zero attached hydrogens (tertiary/aromatic N) is 1. The third-order valence-corrected chi connectivity index (χ3v) is 3.83. The molecule has 3 unspecified atom stereocenters. The van der Waals surface area contributed by atoms with Crippen LogP contribution in [-0.2, 0) is 17.6 Å². The van der Waals surface area contributed by atoms with E-state index in [2.05, 4.69) is 25.8 Å². The average Bonchev–Trinajstić information content (AvgIpc) is 2.69. The monoisotopic (exact) mass is 236 g/mol. The van der Waals surface area contributed by atoms with Gasteiger partial charge in [0, 0.05) is 25.1 Å². The maximum atomic E-state index is 5.27. The van der Waals surface area contributed by atoms with Crippen molar-refractivity contribution in [2.24, 2.45) is 5.92 Å². The summed E-state index contributed by atoms with van der Waals surface area (Å²) in [6.07, 6.45) is 4.77. The van der Waals surface area contributed by atoms with Gasteiger partial charge in [0.2, 0.25) is 0 Å². The van der Waals surface area contributed by atoms with Gasteiger partial charge in [-0.25, -0.2) is 4.98 Å². The molecule has 1 aromatic heterocycles. The number of aromatic nitrogens is 2. The van der Waals surface area contributed by atoms with Gasteiger partial charge >= 0.3 is 0 Å². The fourth-order valence-corrected chi connectivity index (χ4v) is 2.77. The van der Waals surface area contributed by atoms with Crippen LogP contribution in [0.3, 0.4) is 0 Å². The lowest BCUT2D eigenvalue weighted by molar-refractivity contribution is 0.111. The van der Waals surface area contributed by atoms with Gasteiger partial charge in [0.05, 0.1) is 11.8 Å². The number of H-pyrrole nitrogens is 1. The summed E-state index contributed by atoms with van der Waals surface area (Å²) in [4.78, 5) is 8.27. The first kappa shape index (κ1) is 12.6. The fraction of sp³-hybridized carbons (Fsp3) is 0.786. The Labute approximate surface area is 104 Å². The predicted molar refractivity (Wildman–Crippen MR) is 69.3 cm³/mol. The highest BCUT2D eigenvalue weighted by atomic mass is 16.5. The molecule has 1 aromatic rings. The van der Waals surface area contributed by atoms with Gasteiger partial charge in [-0.15, -0.1) is 0 Å². The topological polar surface area (TPSA) is 37.9 Å². The van der Waals surface area contributed by atoms with Crippen LogP contribution in [-0.4, -0.2) is 23.2 Å². The van der Waals surface area contributed by atoms with E-state index in [-0.39, 0.29) is 0 Å². The summed E-state index contributed by atoms with van der Waals surface area (Å²) in [5.41, 5.74) is 2.68. The molecule has 0 spiro atoms. The van der Waals surface area contributed by atoms with Crippen LogP contribution < -0.4 is 0 Å².